The van der Waals surface area contributed by atoms with E-state index in [1.165, 1.54) is 17.0 Å². The molecule has 0 amide bonds. The average molecular weight is 373 g/mol. The Bertz CT molecular complexity index is 773. The minimum atomic E-state index is -2.75. The van der Waals surface area contributed by atoms with Crippen LogP contribution >= 0.6 is 11.6 Å². The molecule has 1 unspecified atom stereocenters. The van der Waals surface area contributed by atoms with E-state index in [2.05, 4.69) is 20.5 Å². The zero-order valence-electron chi connectivity index (χ0n) is 13.9. The molecule has 2 aromatic rings. The third kappa shape index (κ3) is 3.82. The van der Waals surface area contributed by atoms with Crippen molar-refractivity contribution in [1.82, 2.24) is 19.4 Å². The van der Waals surface area contributed by atoms with Gasteiger partial charge >= 0.3 is 0 Å². The lowest BCUT2D eigenvalue weighted by atomic mass is 10.2. The minimum Gasteiger partial charge on any atom is -0.367 e. The molecule has 3 rings (SSSR count). The van der Waals surface area contributed by atoms with E-state index in [1.807, 2.05) is 14.1 Å². The van der Waals surface area contributed by atoms with Crippen LogP contribution in [0.5, 0.6) is 0 Å². The molecule has 2 aromatic heterocycles. The zero-order chi connectivity index (χ0) is 18.0. The van der Waals surface area contributed by atoms with Crippen LogP contribution in [0, 0.1) is 0 Å². The van der Waals surface area contributed by atoms with Crippen molar-refractivity contribution < 1.29 is 13.5 Å². The molecule has 7 nitrogen and oxygen atoms in total. The normalized spacial score (nSPS) is 18.4. The summed E-state index contributed by atoms with van der Waals surface area (Å²) in [5, 5.41) is 4.19. The SMILES string of the molecule is CN(C)/C=N\Nc1cc(Cl)nc2c1nc(C(F)F)n2C1CCCCO1. The molecule has 3 heterocycles. The number of imidazole rings is 1. The van der Waals surface area contributed by atoms with E-state index >= 15 is 0 Å². The summed E-state index contributed by atoms with van der Waals surface area (Å²) in [4.78, 5) is 10.0. The Kier molecular flexibility index (Phi) is 5.33. The van der Waals surface area contributed by atoms with Crippen LogP contribution in [0.15, 0.2) is 11.2 Å². The number of halogens is 3. The molecule has 1 fully saturated rings. The van der Waals surface area contributed by atoms with Gasteiger partial charge in [-0.1, -0.05) is 11.6 Å². The maximum atomic E-state index is 13.6. The monoisotopic (exact) mass is 372 g/mol. The maximum absolute atomic E-state index is 13.6. The van der Waals surface area contributed by atoms with Crippen LogP contribution in [0.4, 0.5) is 14.5 Å². The highest BCUT2D eigenvalue weighted by Crippen LogP contribution is 2.35. The van der Waals surface area contributed by atoms with E-state index in [9.17, 15) is 8.78 Å². The van der Waals surface area contributed by atoms with Crippen LogP contribution in [0.3, 0.4) is 0 Å². The Morgan fingerprint density at radius 2 is 2.24 bits per heavy atom. The van der Waals surface area contributed by atoms with E-state index in [0.717, 1.165) is 12.8 Å². The molecule has 10 heteroatoms. The fourth-order valence-corrected chi connectivity index (χ4v) is 2.90. The molecule has 25 heavy (non-hydrogen) atoms. The number of nitrogens with one attached hydrogen (secondary N) is 1. The molecule has 1 aliphatic heterocycles. The Morgan fingerprint density at radius 1 is 1.44 bits per heavy atom. The Labute approximate surface area is 148 Å². The summed E-state index contributed by atoms with van der Waals surface area (Å²) < 4.78 is 34.1. The third-order valence-electron chi connectivity index (χ3n) is 3.76. The number of nitrogens with zero attached hydrogens (tertiary/aromatic N) is 5. The number of aromatic nitrogens is 3. The lowest BCUT2D eigenvalue weighted by Crippen LogP contribution is -2.20. The van der Waals surface area contributed by atoms with Crippen molar-refractivity contribution in [2.75, 3.05) is 26.1 Å². The number of rotatable bonds is 5. The largest absolute Gasteiger partial charge is 0.367 e. The maximum Gasteiger partial charge on any atom is 0.295 e. The number of pyridine rings is 1. The van der Waals surface area contributed by atoms with Gasteiger partial charge in [0.2, 0.25) is 0 Å². The molecular formula is C15H19ClF2N6O. The Balaban J connectivity index is 2.10. The second kappa shape index (κ2) is 7.49. The van der Waals surface area contributed by atoms with Crippen LogP contribution in [-0.4, -0.2) is 46.5 Å². The van der Waals surface area contributed by atoms with Gasteiger partial charge in [0, 0.05) is 26.8 Å². The first-order chi connectivity index (χ1) is 12.0. The first-order valence-corrected chi connectivity index (χ1v) is 8.29. The van der Waals surface area contributed by atoms with Gasteiger partial charge in [0.1, 0.15) is 23.2 Å². The van der Waals surface area contributed by atoms with Crippen LogP contribution in [0.2, 0.25) is 5.15 Å². The standard InChI is InChI=1S/C15H19ClF2N6O/c1-23(2)8-19-22-9-7-10(16)20-14-12(9)21-15(13(17)18)24(14)11-5-3-4-6-25-11/h7-8,11,13H,3-6H2,1-2H3,(H,20,22)/b19-8-. The molecule has 0 radical (unpaired) electrons. The van der Waals surface area contributed by atoms with E-state index in [4.69, 9.17) is 16.3 Å². The van der Waals surface area contributed by atoms with Gasteiger partial charge < -0.3 is 9.64 Å². The number of fused-ring (bicyclic) bond motifs is 1. The van der Waals surface area contributed by atoms with Gasteiger partial charge in [-0.3, -0.25) is 9.99 Å². The van der Waals surface area contributed by atoms with Crippen molar-refractivity contribution in [2.45, 2.75) is 31.9 Å². The van der Waals surface area contributed by atoms with Gasteiger partial charge in [-0.2, -0.15) is 5.10 Å². The second-order valence-electron chi connectivity index (χ2n) is 5.95. The molecule has 0 aromatic carbocycles. The zero-order valence-corrected chi connectivity index (χ0v) is 14.7. The van der Waals surface area contributed by atoms with Crippen molar-refractivity contribution in [1.29, 1.82) is 0 Å². The van der Waals surface area contributed by atoms with Gasteiger partial charge in [-0.15, -0.1) is 0 Å². The lowest BCUT2D eigenvalue weighted by Gasteiger charge is -2.25. The van der Waals surface area contributed by atoms with Crippen LogP contribution in [0.25, 0.3) is 11.2 Å². The second-order valence-corrected chi connectivity index (χ2v) is 6.33. The highest BCUT2D eigenvalue weighted by molar-refractivity contribution is 6.30. The predicted octanol–water partition coefficient (Wildman–Crippen LogP) is 3.64. The summed E-state index contributed by atoms with van der Waals surface area (Å²) in [6.45, 7) is 0.520. The highest BCUT2D eigenvalue weighted by Gasteiger charge is 2.28. The van der Waals surface area contributed by atoms with Gasteiger partial charge in [0.25, 0.3) is 6.43 Å². The molecule has 0 aliphatic carbocycles. The van der Waals surface area contributed by atoms with Crippen molar-refractivity contribution >= 4 is 34.8 Å². The first kappa shape index (κ1) is 17.8. The molecule has 0 saturated carbocycles. The Morgan fingerprint density at radius 3 is 2.88 bits per heavy atom. The summed E-state index contributed by atoms with van der Waals surface area (Å²) >= 11 is 6.08. The van der Waals surface area contributed by atoms with E-state index in [-0.39, 0.29) is 22.1 Å². The molecule has 1 atom stereocenters. The van der Waals surface area contributed by atoms with Gasteiger partial charge in [0.15, 0.2) is 11.5 Å². The van der Waals surface area contributed by atoms with Crippen LogP contribution in [0.1, 0.15) is 37.7 Å². The minimum absolute atomic E-state index is 0.160. The third-order valence-corrected chi connectivity index (χ3v) is 3.95. The summed E-state index contributed by atoms with van der Waals surface area (Å²) in [6.07, 6.45) is 0.693. The average Bonchev–Trinajstić information content (AvgIpc) is 2.95. The van der Waals surface area contributed by atoms with Crippen LogP contribution < -0.4 is 5.43 Å². The highest BCUT2D eigenvalue weighted by atomic mass is 35.5. The summed E-state index contributed by atoms with van der Waals surface area (Å²) in [7, 11) is 3.62. The number of alkyl halides is 2. The number of ether oxygens (including phenoxy) is 1. The van der Waals surface area contributed by atoms with E-state index < -0.39 is 12.7 Å². The molecule has 1 aliphatic rings. The van der Waals surface area contributed by atoms with Gasteiger partial charge in [0.05, 0.1) is 5.69 Å². The molecular weight excluding hydrogens is 354 g/mol. The fraction of sp³-hybridized carbons (Fsp3) is 0.533. The van der Waals surface area contributed by atoms with Crippen molar-refractivity contribution in [3.8, 4) is 0 Å². The number of anilines is 1. The van der Waals surface area contributed by atoms with Crippen molar-refractivity contribution in [3.05, 3.63) is 17.0 Å². The predicted molar refractivity (Wildman–Crippen MR) is 92.1 cm³/mol. The Hall–Kier alpha value is -2.00. The summed E-state index contributed by atoms with van der Waals surface area (Å²) in [6, 6.07) is 1.51. The molecule has 0 bridgehead atoms. The fourth-order valence-electron chi connectivity index (χ4n) is 2.71. The van der Waals surface area contributed by atoms with Crippen molar-refractivity contribution in [2.24, 2.45) is 5.10 Å². The molecule has 1 N–H and O–H groups in total. The van der Waals surface area contributed by atoms with Crippen molar-refractivity contribution in [3.63, 3.8) is 0 Å². The van der Waals surface area contributed by atoms with E-state index in [1.54, 1.807) is 4.90 Å². The van der Waals surface area contributed by atoms with Crippen LogP contribution in [-0.2, 0) is 4.74 Å². The summed E-state index contributed by atoms with van der Waals surface area (Å²) in [5.41, 5.74) is 3.73. The number of hydrazone groups is 1. The molecule has 0 spiro atoms. The molecule has 136 valence electrons. The number of hydrogen-bond acceptors (Lipinski definition) is 5. The number of hydrogen-bond donors (Lipinski definition) is 1. The van der Waals surface area contributed by atoms with Gasteiger partial charge in [-0.05, 0) is 19.3 Å². The van der Waals surface area contributed by atoms with Gasteiger partial charge in [-0.25, -0.2) is 18.7 Å². The summed E-state index contributed by atoms with van der Waals surface area (Å²) in [5.74, 6) is -0.378. The molecule has 1 saturated heterocycles. The van der Waals surface area contributed by atoms with E-state index in [0.29, 0.717) is 18.7 Å². The lowest BCUT2D eigenvalue weighted by molar-refractivity contribution is -0.0363. The quantitative estimate of drug-likeness (QED) is 0.375. The first-order valence-electron chi connectivity index (χ1n) is 7.91. The smallest absolute Gasteiger partial charge is 0.295 e. The topological polar surface area (TPSA) is 67.6 Å².